The molecule has 2 rings (SSSR count). The van der Waals surface area contributed by atoms with Crippen molar-refractivity contribution in [3.63, 3.8) is 0 Å². The van der Waals surface area contributed by atoms with Gasteiger partial charge in [-0.05, 0) is 36.5 Å². The Kier molecular flexibility index (Phi) is 7.15. The van der Waals surface area contributed by atoms with E-state index in [-0.39, 0.29) is 17.3 Å². The molecular formula is C19H26FNO6. The van der Waals surface area contributed by atoms with Crippen LogP contribution in [0.5, 0.6) is 5.75 Å². The lowest BCUT2D eigenvalue weighted by molar-refractivity contribution is -0.402. The number of esters is 1. The van der Waals surface area contributed by atoms with Crippen molar-refractivity contribution in [1.29, 1.82) is 0 Å². The van der Waals surface area contributed by atoms with E-state index in [1.165, 1.54) is 24.1 Å². The summed E-state index contributed by atoms with van der Waals surface area (Å²) in [5.74, 6) is -0.966. The van der Waals surface area contributed by atoms with Gasteiger partial charge in [0.25, 0.3) is 0 Å². The molecule has 0 saturated carbocycles. The smallest absolute Gasteiger partial charge is 0.381 e. The molecule has 0 atom stereocenters. The van der Waals surface area contributed by atoms with Crippen LogP contribution in [0.3, 0.4) is 0 Å². The van der Waals surface area contributed by atoms with E-state index in [1.807, 2.05) is 20.8 Å². The van der Waals surface area contributed by atoms with Crippen LogP contribution in [0.15, 0.2) is 18.2 Å². The van der Waals surface area contributed by atoms with Crippen molar-refractivity contribution in [2.24, 2.45) is 0 Å². The molecule has 0 aromatic heterocycles. The Bertz CT molecular complexity index is 665. The average Bonchev–Trinajstić information content (AvgIpc) is 2.60. The molecule has 0 spiro atoms. The van der Waals surface area contributed by atoms with Gasteiger partial charge in [-0.3, -0.25) is 9.68 Å². The maximum Gasteiger partial charge on any atom is 0.381 e. The van der Waals surface area contributed by atoms with E-state index in [1.54, 1.807) is 6.07 Å². The van der Waals surface area contributed by atoms with Gasteiger partial charge < -0.3 is 9.47 Å². The van der Waals surface area contributed by atoms with Crippen molar-refractivity contribution < 1.29 is 33.3 Å². The number of benzene rings is 1. The minimum Gasteiger partial charge on any atom is -0.490 e. The van der Waals surface area contributed by atoms with Crippen LogP contribution in [0.4, 0.5) is 4.39 Å². The van der Waals surface area contributed by atoms with Crippen LogP contribution in [0.1, 0.15) is 46.1 Å². The average molecular weight is 383 g/mol. The predicted molar refractivity (Wildman–Crippen MR) is 94.1 cm³/mol. The standard InChI is InChI=1S/C19H26FNO6/c1-13(22)24-12-18(23)26-27-21-9-7-15(8-10-21)25-17-6-5-14(20)11-16(17)19(2,3)4/h5-6,11,15H,7-10,12H2,1-4H3. The molecule has 1 fully saturated rings. The number of carbonyl (C=O) groups is 2. The predicted octanol–water partition coefficient (Wildman–Crippen LogP) is 2.92. The summed E-state index contributed by atoms with van der Waals surface area (Å²) in [5, 5.41) is 1.50. The maximum atomic E-state index is 13.6. The third-order valence-corrected chi connectivity index (χ3v) is 4.07. The molecule has 150 valence electrons. The summed E-state index contributed by atoms with van der Waals surface area (Å²) in [6.45, 7) is 7.73. The van der Waals surface area contributed by atoms with Crippen LogP contribution >= 0.6 is 0 Å². The highest BCUT2D eigenvalue weighted by Crippen LogP contribution is 2.33. The van der Waals surface area contributed by atoms with Gasteiger partial charge in [-0.25, -0.2) is 9.18 Å². The van der Waals surface area contributed by atoms with Crippen LogP contribution < -0.4 is 4.74 Å². The molecule has 0 amide bonds. The fourth-order valence-electron chi connectivity index (χ4n) is 2.67. The number of ether oxygens (including phenoxy) is 2. The van der Waals surface area contributed by atoms with E-state index >= 15 is 0 Å². The lowest BCUT2D eigenvalue weighted by Gasteiger charge is -2.31. The highest BCUT2D eigenvalue weighted by atomic mass is 19.1. The van der Waals surface area contributed by atoms with Gasteiger partial charge in [0.2, 0.25) is 0 Å². The zero-order valence-corrected chi connectivity index (χ0v) is 16.1. The van der Waals surface area contributed by atoms with E-state index in [4.69, 9.17) is 9.73 Å². The Balaban J connectivity index is 1.81. The summed E-state index contributed by atoms with van der Waals surface area (Å²) < 4.78 is 24.2. The van der Waals surface area contributed by atoms with Crippen molar-refractivity contribution in [3.8, 4) is 5.75 Å². The van der Waals surface area contributed by atoms with Crippen LogP contribution in [0, 0.1) is 5.82 Å². The van der Waals surface area contributed by atoms with E-state index in [2.05, 4.69) is 9.62 Å². The Hall–Kier alpha value is -2.19. The van der Waals surface area contributed by atoms with Crippen molar-refractivity contribution >= 4 is 11.9 Å². The van der Waals surface area contributed by atoms with Gasteiger partial charge in [-0.15, -0.1) is 5.06 Å². The number of piperidine rings is 1. The second kappa shape index (κ2) is 9.14. The summed E-state index contributed by atoms with van der Waals surface area (Å²) in [6.07, 6.45) is 1.26. The van der Waals surface area contributed by atoms with E-state index in [9.17, 15) is 14.0 Å². The molecule has 0 aliphatic carbocycles. The summed E-state index contributed by atoms with van der Waals surface area (Å²) in [6, 6.07) is 4.57. The molecule has 1 aromatic rings. The Morgan fingerprint density at radius 1 is 1.22 bits per heavy atom. The Morgan fingerprint density at radius 2 is 1.89 bits per heavy atom. The topological polar surface area (TPSA) is 74.3 Å². The van der Waals surface area contributed by atoms with Gasteiger partial charge in [-0.2, -0.15) is 0 Å². The van der Waals surface area contributed by atoms with Gasteiger partial charge in [0, 0.05) is 25.6 Å². The van der Waals surface area contributed by atoms with Gasteiger partial charge in [0.15, 0.2) is 6.61 Å². The SMILES string of the molecule is CC(=O)OCC(=O)OON1CCC(Oc2ccc(F)cc2C(C)(C)C)CC1. The van der Waals surface area contributed by atoms with Crippen LogP contribution in [0.2, 0.25) is 0 Å². The monoisotopic (exact) mass is 383 g/mol. The summed E-state index contributed by atoms with van der Waals surface area (Å²) in [7, 11) is 0. The number of hydrogen-bond acceptors (Lipinski definition) is 7. The van der Waals surface area contributed by atoms with Crippen LogP contribution in [-0.4, -0.2) is 42.8 Å². The summed E-state index contributed by atoms with van der Waals surface area (Å²) in [5.41, 5.74) is 0.581. The lowest BCUT2D eigenvalue weighted by Crippen LogP contribution is -2.39. The molecule has 0 N–H and O–H groups in total. The highest BCUT2D eigenvalue weighted by molar-refractivity contribution is 5.74. The number of carbonyl (C=O) groups excluding carboxylic acids is 2. The van der Waals surface area contributed by atoms with Crippen molar-refractivity contribution in [2.45, 2.75) is 52.1 Å². The summed E-state index contributed by atoms with van der Waals surface area (Å²) >= 11 is 0. The first-order valence-electron chi connectivity index (χ1n) is 8.87. The number of hydroxylamine groups is 2. The van der Waals surface area contributed by atoms with Crippen molar-refractivity contribution in [3.05, 3.63) is 29.6 Å². The first-order valence-corrected chi connectivity index (χ1v) is 8.87. The second-order valence-electron chi connectivity index (χ2n) is 7.45. The number of hydrogen-bond donors (Lipinski definition) is 0. The third-order valence-electron chi connectivity index (χ3n) is 4.07. The number of halogens is 1. The van der Waals surface area contributed by atoms with Crippen LogP contribution in [0.25, 0.3) is 0 Å². The molecule has 0 radical (unpaired) electrons. The van der Waals surface area contributed by atoms with Gasteiger partial charge >= 0.3 is 11.9 Å². The van der Waals surface area contributed by atoms with Gasteiger partial charge in [-0.1, -0.05) is 25.8 Å². The quantitative estimate of drug-likeness (QED) is 0.425. The molecule has 0 bridgehead atoms. The van der Waals surface area contributed by atoms with Crippen molar-refractivity contribution in [1.82, 2.24) is 5.06 Å². The normalized spacial score (nSPS) is 16.0. The lowest BCUT2D eigenvalue weighted by atomic mass is 9.86. The maximum absolute atomic E-state index is 13.6. The van der Waals surface area contributed by atoms with Gasteiger partial charge in [0.05, 0.1) is 0 Å². The number of nitrogens with zero attached hydrogens (tertiary/aromatic N) is 1. The molecule has 1 aliphatic rings. The second-order valence-corrected chi connectivity index (χ2v) is 7.45. The number of rotatable bonds is 6. The molecule has 27 heavy (non-hydrogen) atoms. The Morgan fingerprint density at radius 3 is 2.48 bits per heavy atom. The molecule has 0 unspecified atom stereocenters. The Labute approximate surface area is 158 Å². The van der Waals surface area contributed by atoms with E-state index in [0.29, 0.717) is 31.7 Å². The first kappa shape index (κ1) is 21.1. The van der Waals surface area contributed by atoms with E-state index < -0.39 is 18.5 Å². The molecule has 1 aliphatic heterocycles. The third kappa shape index (κ3) is 6.80. The minimum absolute atomic E-state index is 0.0480. The minimum atomic E-state index is -0.787. The zero-order chi connectivity index (χ0) is 20.0. The van der Waals surface area contributed by atoms with E-state index in [0.717, 1.165) is 5.56 Å². The largest absolute Gasteiger partial charge is 0.490 e. The fourth-order valence-corrected chi connectivity index (χ4v) is 2.67. The molecule has 7 nitrogen and oxygen atoms in total. The van der Waals surface area contributed by atoms with Crippen molar-refractivity contribution in [2.75, 3.05) is 19.7 Å². The summed E-state index contributed by atoms with van der Waals surface area (Å²) in [4.78, 5) is 31.5. The van der Waals surface area contributed by atoms with Gasteiger partial charge in [0.1, 0.15) is 17.7 Å². The fraction of sp³-hybridized carbons (Fsp3) is 0.579. The molecular weight excluding hydrogens is 357 g/mol. The molecule has 8 heteroatoms. The molecule has 1 saturated heterocycles. The van der Waals surface area contributed by atoms with Crippen LogP contribution in [-0.2, 0) is 29.6 Å². The first-order chi connectivity index (χ1) is 12.6. The molecule has 1 heterocycles. The zero-order valence-electron chi connectivity index (χ0n) is 16.1. The highest BCUT2D eigenvalue weighted by Gasteiger charge is 2.26. The molecule has 1 aromatic carbocycles.